The molecule has 0 aliphatic rings. The molecule has 16 heavy (non-hydrogen) atoms. The van der Waals surface area contributed by atoms with Gasteiger partial charge in [0, 0.05) is 23.9 Å². The van der Waals surface area contributed by atoms with Gasteiger partial charge in [0.05, 0.1) is 12.2 Å². The van der Waals surface area contributed by atoms with Gasteiger partial charge in [-0.3, -0.25) is 4.79 Å². The predicted molar refractivity (Wildman–Crippen MR) is 70.6 cm³/mol. The molecule has 0 saturated carbocycles. The van der Waals surface area contributed by atoms with Crippen LogP contribution in [0.25, 0.3) is 0 Å². The molecule has 0 spiro atoms. The van der Waals surface area contributed by atoms with E-state index in [0.29, 0.717) is 13.2 Å². The lowest BCUT2D eigenvalue weighted by Gasteiger charge is -2.05. The van der Waals surface area contributed by atoms with Gasteiger partial charge in [-0.2, -0.15) is 11.3 Å². The van der Waals surface area contributed by atoms with Crippen LogP contribution in [0.2, 0.25) is 0 Å². The summed E-state index contributed by atoms with van der Waals surface area (Å²) in [6.07, 6.45) is 0.849. The fourth-order valence-electron chi connectivity index (χ4n) is 1.22. The predicted octanol–water partition coefficient (Wildman–Crippen LogP) is 2.59. The van der Waals surface area contributed by atoms with Crippen LogP contribution in [0.3, 0.4) is 0 Å². The van der Waals surface area contributed by atoms with Crippen LogP contribution in [0.15, 0.2) is 10.8 Å². The van der Waals surface area contributed by atoms with Gasteiger partial charge in [0.2, 0.25) is 0 Å². The number of carbonyl (C=O) groups excluding carboxylic acids is 1. The van der Waals surface area contributed by atoms with E-state index in [1.54, 1.807) is 11.3 Å². The second-order valence-corrected chi connectivity index (χ2v) is 4.92. The highest BCUT2D eigenvalue weighted by Crippen LogP contribution is 2.12. The molecule has 0 unspecified atom stereocenters. The van der Waals surface area contributed by atoms with Gasteiger partial charge < -0.3 is 10.1 Å². The standard InChI is InChI=1S/C11H16BrNO2S/c1-9-7-16-8-10(9)11(14)13-4-2-5-15-6-3-12/h7-8H,2-6H2,1H3,(H,13,14). The van der Waals surface area contributed by atoms with Gasteiger partial charge >= 0.3 is 0 Å². The summed E-state index contributed by atoms with van der Waals surface area (Å²) in [5, 5.41) is 7.59. The Bertz CT molecular complexity index is 328. The summed E-state index contributed by atoms with van der Waals surface area (Å²) < 4.78 is 5.28. The molecule has 5 heteroatoms. The molecule has 1 aromatic rings. The molecule has 0 aliphatic carbocycles. The molecule has 1 N–H and O–H groups in total. The number of rotatable bonds is 7. The van der Waals surface area contributed by atoms with E-state index in [1.165, 1.54) is 0 Å². The highest BCUT2D eigenvalue weighted by atomic mass is 79.9. The molecule has 3 nitrogen and oxygen atoms in total. The van der Waals surface area contributed by atoms with E-state index in [2.05, 4.69) is 21.2 Å². The number of aryl methyl sites for hydroxylation is 1. The first kappa shape index (κ1) is 13.7. The Labute approximate surface area is 108 Å². The Morgan fingerprint density at radius 3 is 2.94 bits per heavy atom. The molecule has 0 aromatic carbocycles. The smallest absolute Gasteiger partial charge is 0.252 e. The van der Waals surface area contributed by atoms with Crippen molar-refractivity contribution >= 4 is 33.2 Å². The molecule has 0 radical (unpaired) electrons. The normalized spacial score (nSPS) is 10.4. The number of carbonyl (C=O) groups is 1. The number of nitrogens with one attached hydrogen (secondary N) is 1. The van der Waals surface area contributed by atoms with Gasteiger partial charge in [0.1, 0.15) is 0 Å². The van der Waals surface area contributed by atoms with Gasteiger partial charge in [0.25, 0.3) is 5.91 Å². The van der Waals surface area contributed by atoms with Gasteiger partial charge in [-0.25, -0.2) is 0 Å². The van der Waals surface area contributed by atoms with E-state index in [0.717, 1.165) is 29.5 Å². The first-order valence-corrected chi connectivity index (χ1v) is 7.27. The van der Waals surface area contributed by atoms with Crippen molar-refractivity contribution in [3.05, 3.63) is 21.9 Å². The van der Waals surface area contributed by atoms with Crippen molar-refractivity contribution in [3.63, 3.8) is 0 Å². The number of amides is 1. The van der Waals surface area contributed by atoms with Gasteiger partial charge in [-0.1, -0.05) is 15.9 Å². The molecule has 1 amide bonds. The topological polar surface area (TPSA) is 38.3 Å². The third-order valence-corrected chi connectivity index (χ3v) is 3.26. The lowest BCUT2D eigenvalue weighted by molar-refractivity contribution is 0.0944. The Hall–Kier alpha value is -0.390. The van der Waals surface area contributed by atoms with Crippen LogP contribution in [0.5, 0.6) is 0 Å². The molecule has 0 saturated heterocycles. The van der Waals surface area contributed by atoms with Gasteiger partial charge in [-0.05, 0) is 24.3 Å². The zero-order valence-corrected chi connectivity index (χ0v) is 11.7. The van der Waals surface area contributed by atoms with Crippen LogP contribution in [0.4, 0.5) is 0 Å². The number of hydrogen-bond acceptors (Lipinski definition) is 3. The fraction of sp³-hybridized carbons (Fsp3) is 0.545. The van der Waals surface area contributed by atoms with E-state index in [1.807, 2.05) is 17.7 Å². The zero-order chi connectivity index (χ0) is 11.8. The molecule has 0 atom stereocenters. The molecule has 1 heterocycles. The second-order valence-electron chi connectivity index (χ2n) is 3.38. The monoisotopic (exact) mass is 305 g/mol. The molecular formula is C11H16BrNO2S. The summed E-state index contributed by atoms with van der Waals surface area (Å²) >= 11 is 4.84. The van der Waals surface area contributed by atoms with Crippen LogP contribution in [0, 0.1) is 6.92 Å². The number of ether oxygens (including phenoxy) is 1. The lowest BCUT2D eigenvalue weighted by atomic mass is 10.2. The largest absolute Gasteiger partial charge is 0.381 e. The summed E-state index contributed by atoms with van der Waals surface area (Å²) in [5.74, 6) is 0.0132. The maximum absolute atomic E-state index is 11.7. The molecule has 90 valence electrons. The first-order chi connectivity index (χ1) is 7.75. The van der Waals surface area contributed by atoms with Crippen LogP contribution in [0.1, 0.15) is 22.3 Å². The highest BCUT2D eigenvalue weighted by Gasteiger charge is 2.08. The third kappa shape index (κ3) is 4.63. The molecule has 1 aromatic heterocycles. The van der Waals surface area contributed by atoms with E-state index in [9.17, 15) is 4.79 Å². The van der Waals surface area contributed by atoms with Crippen molar-refractivity contribution in [3.8, 4) is 0 Å². The summed E-state index contributed by atoms with van der Waals surface area (Å²) in [6, 6.07) is 0. The summed E-state index contributed by atoms with van der Waals surface area (Å²) in [5.41, 5.74) is 1.82. The van der Waals surface area contributed by atoms with Crippen molar-refractivity contribution in [1.82, 2.24) is 5.32 Å². The minimum absolute atomic E-state index is 0.0132. The van der Waals surface area contributed by atoms with Crippen molar-refractivity contribution in [2.24, 2.45) is 0 Å². The lowest BCUT2D eigenvalue weighted by Crippen LogP contribution is -2.25. The van der Waals surface area contributed by atoms with E-state index in [-0.39, 0.29) is 5.91 Å². The number of halogens is 1. The maximum Gasteiger partial charge on any atom is 0.252 e. The minimum atomic E-state index is 0.0132. The second kappa shape index (κ2) is 7.81. The van der Waals surface area contributed by atoms with Crippen LogP contribution < -0.4 is 5.32 Å². The third-order valence-electron chi connectivity index (χ3n) is 2.07. The fourth-order valence-corrected chi connectivity index (χ4v) is 2.28. The molecule has 0 fully saturated rings. The van der Waals surface area contributed by atoms with E-state index in [4.69, 9.17) is 4.74 Å². The van der Waals surface area contributed by atoms with Crippen LogP contribution in [-0.2, 0) is 4.74 Å². The van der Waals surface area contributed by atoms with Gasteiger partial charge in [-0.15, -0.1) is 0 Å². The number of thiophene rings is 1. The average molecular weight is 306 g/mol. The maximum atomic E-state index is 11.7. The Morgan fingerprint density at radius 2 is 2.31 bits per heavy atom. The zero-order valence-electron chi connectivity index (χ0n) is 9.29. The molecule has 1 rings (SSSR count). The molecule has 0 aliphatic heterocycles. The van der Waals surface area contributed by atoms with Crippen molar-refractivity contribution < 1.29 is 9.53 Å². The average Bonchev–Trinajstić information content (AvgIpc) is 2.69. The van der Waals surface area contributed by atoms with Crippen molar-refractivity contribution in [2.45, 2.75) is 13.3 Å². The molecule has 0 bridgehead atoms. The van der Waals surface area contributed by atoms with Gasteiger partial charge in [0.15, 0.2) is 0 Å². The van der Waals surface area contributed by atoms with Crippen molar-refractivity contribution in [1.29, 1.82) is 0 Å². The van der Waals surface area contributed by atoms with E-state index < -0.39 is 0 Å². The van der Waals surface area contributed by atoms with E-state index >= 15 is 0 Å². The summed E-state index contributed by atoms with van der Waals surface area (Å²) in [4.78, 5) is 11.7. The van der Waals surface area contributed by atoms with Crippen LogP contribution >= 0.6 is 27.3 Å². The first-order valence-electron chi connectivity index (χ1n) is 5.20. The number of hydrogen-bond donors (Lipinski definition) is 1. The minimum Gasteiger partial charge on any atom is -0.381 e. The van der Waals surface area contributed by atoms with Crippen LogP contribution in [-0.4, -0.2) is 31.0 Å². The van der Waals surface area contributed by atoms with Crippen molar-refractivity contribution in [2.75, 3.05) is 25.1 Å². The Morgan fingerprint density at radius 1 is 1.50 bits per heavy atom. The summed E-state index contributed by atoms with van der Waals surface area (Å²) in [7, 11) is 0. The SMILES string of the molecule is Cc1cscc1C(=O)NCCCOCCBr. The number of alkyl halides is 1. The molecular weight excluding hydrogens is 290 g/mol. The quantitative estimate of drug-likeness (QED) is 0.621. The summed E-state index contributed by atoms with van der Waals surface area (Å²) in [6.45, 7) is 4.02. The Kier molecular flexibility index (Phi) is 6.68. The Balaban J connectivity index is 2.14. The highest BCUT2D eigenvalue weighted by molar-refractivity contribution is 9.09.